The number of non-ortho nitro benzene ring substituents is 1. The zero-order valence-corrected chi connectivity index (χ0v) is 12.4. The normalized spacial score (nSPS) is 10.6. The summed E-state index contributed by atoms with van der Waals surface area (Å²) < 4.78 is 0. The number of benzene rings is 1. The Labute approximate surface area is 125 Å². The van der Waals surface area contributed by atoms with Crippen molar-refractivity contribution < 1.29 is 4.92 Å². The van der Waals surface area contributed by atoms with E-state index in [0.717, 1.165) is 5.56 Å². The lowest BCUT2D eigenvalue weighted by Crippen LogP contribution is -1.98. The van der Waals surface area contributed by atoms with Crippen LogP contribution in [0.2, 0.25) is 10.3 Å². The average Bonchev–Trinajstić information content (AvgIpc) is 2.38. The van der Waals surface area contributed by atoms with E-state index in [0.29, 0.717) is 23.4 Å². The Kier molecular flexibility index (Phi) is 4.20. The summed E-state index contributed by atoms with van der Waals surface area (Å²) in [5.41, 5.74) is 2.00. The Morgan fingerprint density at radius 3 is 2.35 bits per heavy atom. The highest BCUT2D eigenvalue weighted by molar-refractivity contribution is 6.34. The maximum absolute atomic E-state index is 10.8. The van der Waals surface area contributed by atoms with Crippen LogP contribution in [0.4, 0.5) is 5.69 Å². The fraction of sp³-hybridized carbons (Fsp3) is 0.231. The van der Waals surface area contributed by atoms with Crippen LogP contribution in [-0.2, 0) is 6.42 Å². The molecule has 20 heavy (non-hydrogen) atoms. The Balaban J connectivity index is 2.62. The quantitative estimate of drug-likeness (QED) is 0.483. The van der Waals surface area contributed by atoms with Crippen molar-refractivity contribution in [2.24, 2.45) is 0 Å². The van der Waals surface area contributed by atoms with Crippen LogP contribution in [0.1, 0.15) is 18.1 Å². The van der Waals surface area contributed by atoms with Crippen molar-refractivity contribution in [2.75, 3.05) is 0 Å². The average molecular weight is 312 g/mol. The standard InChI is InChI=1S/C13H11Cl2N3O2/c1-3-9-11(14)16-13(17-12(9)15)10-6-8(18(19)20)5-4-7(10)2/h4-6H,3H2,1-2H3. The second-order valence-corrected chi connectivity index (χ2v) is 4.93. The molecule has 0 amide bonds. The van der Waals surface area contributed by atoms with Crippen molar-refractivity contribution >= 4 is 28.9 Å². The highest BCUT2D eigenvalue weighted by atomic mass is 35.5. The van der Waals surface area contributed by atoms with Gasteiger partial charge in [0.05, 0.1) is 4.92 Å². The molecule has 2 aromatic rings. The Bertz CT molecular complexity index is 666. The van der Waals surface area contributed by atoms with E-state index in [1.165, 1.54) is 12.1 Å². The molecule has 0 spiro atoms. The first-order valence-corrected chi connectivity index (χ1v) is 6.67. The minimum Gasteiger partial charge on any atom is -0.258 e. The predicted octanol–water partition coefficient (Wildman–Crippen LogP) is 4.23. The molecule has 1 heterocycles. The summed E-state index contributed by atoms with van der Waals surface area (Å²) in [6.45, 7) is 3.71. The molecule has 2 rings (SSSR count). The minimum absolute atomic E-state index is 0.0268. The van der Waals surface area contributed by atoms with E-state index < -0.39 is 4.92 Å². The fourth-order valence-electron chi connectivity index (χ4n) is 1.81. The molecule has 5 nitrogen and oxygen atoms in total. The smallest absolute Gasteiger partial charge is 0.258 e. The van der Waals surface area contributed by atoms with E-state index in [9.17, 15) is 10.1 Å². The number of aryl methyl sites for hydroxylation is 1. The van der Waals surface area contributed by atoms with Crippen LogP contribution < -0.4 is 0 Å². The number of hydrogen-bond acceptors (Lipinski definition) is 4. The zero-order valence-electron chi connectivity index (χ0n) is 10.9. The van der Waals surface area contributed by atoms with Crippen molar-refractivity contribution in [2.45, 2.75) is 20.3 Å². The number of nitro benzene ring substituents is 1. The van der Waals surface area contributed by atoms with Crippen LogP contribution in [0, 0.1) is 17.0 Å². The van der Waals surface area contributed by atoms with Crippen molar-refractivity contribution in [3.05, 3.63) is 49.7 Å². The molecule has 0 bridgehead atoms. The van der Waals surface area contributed by atoms with E-state index in [-0.39, 0.29) is 16.0 Å². The van der Waals surface area contributed by atoms with E-state index in [1.54, 1.807) is 6.07 Å². The number of hydrogen-bond donors (Lipinski definition) is 0. The molecule has 104 valence electrons. The van der Waals surface area contributed by atoms with Crippen molar-refractivity contribution in [1.29, 1.82) is 0 Å². The molecule has 0 aliphatic rings. The summed E-state index contributed by atoms with van der Waals surface area (Å²) in [5, 5.41) is 11.4. The van der Waals surface area contributed by atoms with Gasteiger partial charge < -0.3 is 0 Å². The van der Waals surface area contributed by atoms with E-state index in [2.05, 4.69) is 9.97 Å². The fourth-order valence-corrected chi connectivity index (χ4v) is 2.46. The molecule has 7 heteroatoms. The lowest BCUT2D eigenvalue weighted by atomic mass is 10.1. The highest BCUT2D eigenvalue weighted by Crippen LogP contribution is 2.29. The summed E-state index contributed by atoms with van der Waals surface area (Å²) in [7, 11) is 0. The molecule has 0 unspecified atom stereocenters. The largest absolute Gasteiger partial charge is 0.270 e. The Hall–Kier alpha value is -1.72. The first kappa shape index (κ1) is 14.7. The van der Waals surface area contributed by atoms with Gasteiger partial charge in [0.15, 0.2) is 5.82 Å². The van der Waals surface area contributed by atoms with Crippen molar-refractivity contribution in [3.63, 3.8) is 0 Å². The van der Waals surface area contributed by atoms with Gasteiger partial charge in [-0.15, -0.1) is 0 Å². The Morgan fingerprint density at radius 1 is 1.25 bits per heavy atom. The number of nitrogens with zero attached hydrogens (tertiary/aromatic N) is 3. The van der Waals surface area contributed by atoms with Crippen LogP contribution in [0.15, 0.2) is 18.2 Å². The van der Waals surface area contributed by atoms with Gasteiger partial charge in [-0.1, -0.05) is 36.2 Å². The predicted molar refractivity (Wildman–Crippen MR) is 78.3 cm³/mol. The molecule has 0 atom stereocenters. The molecule has 0 saturated heterocycles. The molecular formula is C13H11Cl2N3O2. The second-order valence-electron chi connectivity index (χ2n) is 4.22. The SMILES string of the molecule is CCc1c(Cl)nc(-c2cc([N+](=O)[O-])ccc2C)nc1Cl. The van der Waals surface area contributed by atoms with E-state index in [1.807, 2.05) is 13.8 Å². The van der Waals surface area contributed by atoms with Gasteiger partial charge in [0.25, 0.3) is 5.69 Å². The molecule has 1 aromatic heterocycles. The number of nitro groups is 1. The maximum atomic E-state index is 10.8. The third-order valence-corrected chi connectivity index (χ3v) is 3.56. The van der Waals surface area contributed by atoms with Crippen molar-refractivity contribution in [1.82, 2.24) is 9.97 Å². The molecule has 0 fully saturated rings. The van der Waals surface area contributed by atoms with Gasteiger partial charge in [0, 0.05) is 23.3 Å². The van der Waals surface area contributed by atoms with Gasteiger partial charge in [-0.2, -0.15) is 0 Å². The molecule has 0 N–H and O–H groups in total. The minimum atomic E-state index is -0.466. The highest BCUT2D eigenvalue weighted by Gasteiger charge is 2.16. The molecule has 0 aliphatic carbocycles. The zero-order chi connectivity index (χ0) is 14.9. The monoisotopic (exact) mass is 311 g/mol. The van der Waals surface area contributed by atoms with Crippen LogP contribution in [0.3, 0.4) is 0 Å². The van der Waals surface area contributed by atoms with Gasteiger partial charge in [-0.3, -0.25) is 10.1 Å². The summed E-state index contributed by atoms with van der Waals surface area (Å²) in [5.74, 6) is 0.290. The summed E-state index contributed by atoms with van der Waals surface area (Å²) in [6, 6.07) is 4.50. The van der Waals surface area contributed by atoms with Crippen LogP contribution in [0.5, 0.6) is 0 Å². The third kappa shape index (κ3) is 2.73. The first-order chi connectivity index (χ1) is 9.43. The van der Waals surface area contributed by atoms with Crippen LogP contribution >= 0.6 is 23.2 Å². The number of rotatable bonds is 3. The summed E-state index contributed by atoms with van der Waals surface area (Å²) >= 11 is 12.1. The molecule has 0 radical (unpaired) electrons. The number of halogens is 2. The summed E-state index contributed by atoms with van der Waals surface area (Å²) in [6.07, 6.45) is 0.617. The van der Waals surface area contributed by atoms with Crippen LogP contribution in [-0.4, -0.2) is 14.9 Å². The van der Waals surface area contributed by atoms with E-state index in [4.69, 9.17) is 23.2 Å². The second kappa shape index (κ2) is 5.73. The topological polar surface area (TPSA) is 68.9 Å². The lowest BCUT2D eigenvalue weighted by molar-refractivity contribution is -0.384. The number of aromatic nitrogens is 2. The van der Waals surface area contributed by atoms with Gasteiger partial charge >= 0.3 is 0 Å². The van der Waals surface area contributed by atoms with Crippen molar-refractivity contribution in [3.8, 4) is 11.4 Å². The molecular weight excluding hydrogens is 301 g/mol. The van der Waals surface area contributed by atoms with Gasteiger partial charge in [0.2, 0.25) is 0 Å². The Morgan fingerprint density at radius 2 is 1.85 bits per heavy atom. The molecule has 1 aromatic carbocycles. The maximum Gasteiger partial charge on any atom is 0.270 e. The first-order valence-electron chi connectivity index (χ1n) is 5.91. The third-order valence-electron chi connectivity index (χ3n) is 2.93. The van der Waals surface area contributed by atoms with E-state index >= 15 is 0 Å². The lowest BCUT2D eigenvalue weighted by Gasteiger charge is -2.08. The molecule has 0 aliphatic heterocycles. The summed E-state index contributed by atoms with van der Waals surface area (Å²) in [4.78, 5) is 18.7. The van der Waals surface area contributed by atoms with Gasteiger partial charge in [-0.25, -0.2) is 9.97 Å². The van der Waals surface area contributed by atoms with Crippen LogP contribution in [0.25, 0.3) is 11.4 Å². The molecule has 0 saturated carbocycles. The van der Waals surface area contributed by atoms with Gasteiger partial charge in [-0.05, 0) is 18.9 Å². The van der Waals surface area contributed by atoms with Gasteiger partial charge in [0.1, 0.15) is 10.3 Å².